The zero-order valence-electron chi connectivity index (χ0n) is 8.72. The Bertz CT molecular complexity index is 537. The van der Waals surface area contributed by atoms with Gasteiger partial charge in [0.05, 0.1) is 0 Å². The molecule has 1 N–H and O–H groups in total. The predicted molar refractivity (Wildman–Crippen MR) is 75.0 cm³/mol. The van der Waals surface area contributed by atoms with Gasteiger partial charge in [-0.15, -0.1) is 23.1 Å². The normalized spacial score (nSPS) is 10.4. The molecule has 0 atom stereocenters. The summed E-state index contributed by atoms with van der Waals surface area (Å²) in [5, 5.41) is 8.82. The van der Waals surface area contributed by atoms with Crippen LogP contribution in [0.5, 0.6) is 0 Å². The van der Waals surface area contributed by atoms with Gasteiger partial charge in [0.15, 0.2) is 0 Å². The van der Waals surface area contributed by atoms with Crippen LogP contribution in [0, 0.1) is 0 Å². The molecule has 2 nitrogen and oxygen atoms in total. The van der Waals surface area contributed by atoms with E-state index in [4.69, 9.17) is 5.11 Å². The fourth-order valence-electron chi connectivity index (χ4n) is 1.28. The van der Waals surface area contributed by atoms with Crippen molar-refractivity contribution in [3.8, 4) is 0 Å². The highest BCUT2D eigenvalue weighted by molar-refractivity contribution is 9.10. The molecule has 0 fully saturated rings. The van der Waals surface area contributed by atoms with Gasteiger partial charge in [0.25, 0.3) is 0 Å². The summed E-state index contributed by atoms with van der Waals surface area (Å²) in [4.78, 5) is 13.4. The van der Waals surface area contributed by atoms with Crippen LogP contribution in [0.15, 0.2) is 45.8 Å². The molecule has 2 rings (SSSR count). The van der Waals surface area contributed by atoms with E-state index in [2.05, 4.69) is 22.0 Å². The third kappa shape index (κ3) is 3.59. The first-order chi connectivity index (χ1) is 8.15. The minimum atomic E-state index is -0.853. The molecule has 0 saturated heterocycles. The zero-order valence-corrected chi connectivity index (χ0v) is 11.9. The third-order valence-corrected chi connectivity index (χ3v) is 4.84. The van der Waals surface area contributed by atoms with Gasteiger partial charge < -0.3 is 5.11 Å². The Morgan fingerprint density at radius 1 is 1.35 bits per heavy atom. The summed E-state index contributed by atoms with van der Waals surface area (Å²) in [6.07, 6.45) is 0. The molecule has 1 aromatic heterocycles. The largest absolute Gasteiger partial charge is 0.477 e. The van der Waals surface area contributed by atoms with Gasteiger partial charge in [0.1, 0.15) is 4.88 Å². The van der Waals surface area contributed by atoms with Gasteiger partial charge in [-0.05, 0) is 30.3 Å². The van der Waals surface area contributed by atoms with Crippen LogP contribution < -0.4 is 0 Å². The van der Waals surface area contributed by atoms with Gasteiger partial charge in [-0.25, -0.2) is 4.79 Å². The van der Waals surface area contributed by atoms with Crippen molar-refractivity contribution in [3.63, 3.8) is 0 Å². The van der Waals surface area contributed by atoms with E-state index in [1.807, 2.05) is 24.3 Å². The quantitative estimate of drug-likeness (QED) is 0.839. The van der Waals surface area contributed by atoms with Crippen LogP contribution in [0.2, 0.25) is 0 Å². The minimum absolute atomic E-state index is 0.398. The van der Waals surface area contributed by atoms with Crippen molar-refractivity contribution >= 4 is 45.0 Å². The number of carbonyl (C=O) groups is 1. The molecular weight excluding hydrogens is 320 g/mol. The average molecular weight is 329 g/mol. The summed E-state index contributed by atoms with van der Waals surface area (Å²) >= 11 is 6.46. The molecule has 2 aromatic rings. The Hall–Kier alpha value is -0.780. The van der Waals surface area contributed by atoms with E-state index in [-0.39, 0.29) is 0 Å². The van der Waals surface area contributed by atoms with Gasteiger partial charge >= 0.3 is 5.97 Å². The third-order valence-electron chi connectivity index (χ3n) is 2.05. The molecule has 0 aliphatic heterocycles. The van der Waals surface area contributed by atoms with Crippen LogP contribution in [0.1, 0.15) is 14.5 Å². The van der Waals surface area contributed by atoms with E-state index >= 15 is 0 Å². The van der Waals surface area contributed by atoms with Crippen molar-refractivity contribution < 1.29 is 9.90 Å². The van der Waals surface area contributed by atoms with Crippen molar-refractivity contribution in [2.24, 2.45) is 0 Å². The number of hydrogen-bond acceptors (Lipinski definition) is 3. The monoisotopic (exact) mass is 328 g/mol. The molecule has 0 aliphatic carbocycles. The van der Waals surface area contributed by atoms with Crippen molar-refractivity contribution in [2.45, 2.75) is 10.6 Å². The SMILES string of the molecule is O=C(O)c1ccc(CSc2cccc(Br)c2)s1. The Balaban J connectivity index is 2.00. The first kappa shape index (κ1) is 12.7. The van der Waals surface area contributed by atoms with E-state index in [1.54, 1.807) is 17.8 Å². The Morgan fingerprint density at radius 2 is 2.18 bits per heavy atom. The second kappa shape index (κ2) is 5.71. The van der Waals surface area contributed by atoms with Gasteiger partial charge in [0, 0.05) is 20.0 Å². The lowest BCUT2D eigenvalue weighted by Crippen LogP contribution is -1.89. The summed E-state index contributed by atoms with van der Waals surface area (Å²) in [6, 6.07) is 11.6. The van der Waals surface area contributed by atoms with E-state index in [0.29, 0.717) is 4.88 Å². The van der Waals surface area contributed by atoms with Crippen LogP contribution in [0.25, 0.3) is 0 Å². The molecule has 0 aliphatic rings. The average Bonchev–Trinajstić information content (AvgIpc) is 2.75. The topological polar surface area (TPSA) is 37.3 Å². The number of thiophene rings is 1. The number of hydrogen-bond donors (Lipinski definition) is 1. The lowest BCUT2D eigenvalue weighted by molar-refractivity contribution is 0.0702. The standard InChI is InChI=1S/C12H9BrO2S2/c13-8-2-1-3-9(6-8)16-7-10-4-5-11(17-10)12(14)15/h1-6H,7H2,(H,14,15). The number of aromatic carboxylic acids is 1. The van der Waals surface area contributed by atoms with Crippen LogP contribution in [-0.4, -0.2) is 11.1 Å². The summed E-state index contributed by atoms with van der Waals surface area (Å²) < 4.78 is 1.06. The predicted octanol–water partition coefficient (Wildman–Crippen LogP) is 4.50. The molecule has 1 heterocycles. The van der Waals surface area contributed by atoms with Crippen molar-refractivity contribution in [2.75, 3.05) is 0 Å². The zero-order chi connectivity index (χ0) is 12.3. The number of thioether (sulfide) groups is 1. The maximum Gasteiger partial charge on any atom is 0.345 e. The van der Waals surface area contributed by atoms with Crippen molar-refractivity contribution in [1.29, 1.82) is 0 Å². The first-order valence-electron chi connectivity index (χ1n) is 4.85. The highest BCUT2D eigenvalue weighted by atomic mass is 79.9. The summed E-state index contributed by atoms with van der Waals surface area (Å²) in [7, 11) is 0. The highest BCUT2D eigenvalue weighted by Crippen LogP contribution is 2.28. The molecule has 1 aromatic carbocycles. The molecule has 5 heteroatoms. The molecule has 88 valence electrons. The lowest BCUT2D eigenvalue weighted by atomic mass is 10.4. The van der Waals surface area contributed by atoms with E-state index in [1.165, 1.54) is 16.2 Å². The summed E-state index contributed by atoms with van der Waals surface area (Å²) in [5.74, 6) is -0.0531. The van der Waals surface area contributed by atoms with Crippen molar-refractivity contribution in [3.05, 3.63) is 50.6 Å². The lowest BCUT2D eigenvalue weighted by Gasteiger charge is -1.99. The smallest absolute Gasteiger partial charge is 0.345 e. The van der Waals surface area contributed by atoms with E-state index in [0.717, 1.165) is 15.1 Å². The summed E-state index contributed by atoms with van der Waals surface area (Å²) in [6.45, 7) is 0. The van der Waals surface area contributed by atoms with Crippen LogP contribution in [0.4, 0.5) is 0 Å². The molecule has 17 heavy (non-hydrogen) atoms. The number of halogens is 1. The summed E-state index contributed by atoms with van der Waals surface area (Å²) in [5.41, 5.74) is 0. The number of benzene rings is 1. The van der Waals surface area contributed by atoms with Crippen LogP contribution in [0.3, 0.4) is 0 Å². The maximum absolute atomic E-state index is 10.7. The van der Waals surface area contributed by atoms with E-state index < -0.39 is 5.97 Å². The number of rotatable bonds is 4. The van der Waals surface area contributed by atoms with Crippen LogP contribution in [-0.2, 0) is 5.75 Å². The number of carboxylic acids is 1. The second-order valence-electron chi connectivity index (χ2n) is 3.32. The molecule has 0 bridgehead atoms. The van der Waals surface area contributed by atoms with Gasteiger partial charge in [-0.2, -0.15) is 0 Å². The fraction of sp³-hybridized carbons (Fsp3) is 0.0833. The Kier molecular flexibility index (Phi) is 4.25. The molecular formula is C12H9BrO2S2. The van der Waals surface area contributed by atoms with Gasteiger partial charge in [0.2, 0.25) is 0 Å². The fourth-order valence-corrected chi connectivity index (χ4v) is 3.68. The van der Waals surface area contributed by atoms with E-state index in [9.17, 15) is 4.79 Å². The Morgan fingerprint density at radius 3 is 2.82 bits per heavy atom. The Labute approximate surface area is 116 Å². The molecule has 0 radical (unpaired) electrons. The van der Waals surface area contributed by atoms with Crippen molar-refractivity contribution in [1.82, 2.24) is 0 Å². The number of carboxylic acid groups (broad SMARTS) is 1. The second-order valence-corrected chi connectivity index (χ2v) is 6.45. The minimum Gasteiger partial charge on any atom is -0.477 e. The molecule has 0 amide bonds. The molecule has 0 spiro atoms. The first-order valence-corrected chi connectivity index (χ1v) is 7.45. The molecule has 0 saturated carbocycles. The molecule has 0 unspecified atom stereocenters. The van der Waals surface area contributed by atoms with Gasteiger partial charge in [-0.3, -0.25) is 0 Å². The van der Waals surface area contributed by atoms with Crippen LogP contribution >= 0.6 is 39.0 Å². The maximum atomic E-state index is 10.7. The van der Waals surface area contributed by atoms with Gasteiger partial charge in [-0.1, -0.05) is 22.0 Å². The highest BCUT2D eigenvalue weighted by Gasteiger charge is 2.07.